The Morgan fingerprint density at radius 2 is 1.82 bits per heavy atom. The van der Waals surface area contributed by atoms with Crippen molar-refractivity contribution in [3.63, 3.8) is 0 Å². The molecule has 1 heterocycles. The molecule has 2 aromatic rings. The summed E-state index contributed by atoms with van der Waals surface area (Å²) >= 11 is 0. The van der Waals surface area contributed by atoms with E-state index >= 15 is 0 Å². The molecule has 1 atom stereocenters. The van der Waals surface area contributed by atoms with Gasteiger partial charge in [0.15, 0.2) is 5.96 Å². The van der Waals surface area contributed by atoms with Crippen molar-refractivity contribution in [3.8, 4) is 0 Å². The molecule has 1 aliphatic rings. The Morgan fingerprint density at radius 3 is 2.54 bits per heavy atom. The summed E-state index contributed by atoms with van der Waals surface area (Å²) in [5, 5.41) is 6.72. The zero-order valence-corrected chi connectivity index (χ0v) is 18.7. The number of rotatable bonds is 7. The maximum atomic E-state index is 13.0. The highest BCUT2D eigenvalue weighted by Gasteiger charge is 2.22. The van der Waals surface area contributed by atoms with E-state index in [0.717, 1.165) is 37.6 Å². The van der Waals surface area contributed by atoms with E-state index in [1.54, 1.807) is 19.2 Å². The second-order valence-electron chi connectivity index (χ2n) is 7.12. The Labute approximate surface area is 184 Å². The molecule has 4 nitrogen and oxygen atoms in total. The molecular weight excluding hydrogens is 466 g/mol. The van der Waals surface area contributed by atoms with Crippen LogP contribution < -0.4 is 10.6 Å². The van der Waals surface area contributed by atoms with Gasteiger partial charge in [0, 0.05) is 33.2 Å². The van der Waals surface area contributed by atoms with Gasteiger partial charge < -0.3 is 15.5 Å². The molecule has 1 unspecified atom stereocenters. The number of hydrogen-bond donors (Lipinski definition) is 2. The lowest BCUT2D eigenvalue weighted by Gasteiger charge is -2.17. The molecule has 0 aromatic heterocycles. The average Bonchev–Trinajstić information content (AvgIpc) is 3.16. The summed E-state index contributed by atoms with van der Waals surface area (Å²) in [6, 6.07) is 17.2. The minimum absolute atomic E-state index is 0. The number of nitrogens with one attached hydrogen (secondary N) is 2. The normalized spacial score (nSPS) is 17.2. The van der Waals surface area contributed by atoms with Gasteiger partial charge in [-0.1, -0.05) is 42.5 Å². The maximum Gasteiger partial charge on any atom is 0.191 e. The van der Waals surface area contributed by atoms with Gasteiger partial charge in [-0.3, -0.25) is 4.99 Å². The molecule has 2 aromatic carbocycles. The van der Waals surface area contributed by atoms with E-state index in [2.05, 4.69) is 50.9 Å². The summed E-state index contributed by atoms with van der Waals surface area (Å²) in [5.41, 5.74) is 2.44. The van der Waals surface area contributed by atoms with E-state index in [0.29, 0.717) is 12.5 Å². The fourth-order valence-electron chi connectivity index (χ4n) is 3.46. The molecule has 1 fully saturated rings. The third-order valence-corrected chi connectivity index (χ3v) is 5.08. The van der Waals surface area contributed by atoms with Crippen molar-refractivity contribution in [2.75, 3.05) is 33.2 Å². The lowest BCUT2D eigenvalue weighted by molar-refractivity contribution is 0.328. The predicted octanol–water partition coefficient (Wildman–Crippen LogP) is 3.67. The number of hydrogen-bond acceptors (Lipinski definition) is 2. The van der Waals surface area contributed by atoms with Crippen molar-refractivity contribution < 1.29 is 4.39 Å². The minimum atomic E-state index is -0.209. The van der Waals surface area contributed by atoms with Crippen molar-refractivity contribution in [2.45, 2.75) is 19.4 Å². The third kappa shape index (κ3) is 7.39. The molecule has 0 amide bonds. The second kappa shape index (κ2) is 12.0. The van der Waals surface area contributed by atoms with Crippen molar-refractivity contribution in [1.82, 2.24) is 15.5 Å². The molecule has 0 bridgehead atoms. The van der Waals surface area contributed by atoms with Crippen LogP contribution in [0.15, 0.2) is 59.6 Å². The van der Waals surface area contributed by atoms with Gasteiger partial charge in [0.1, 0.15) is 5.82 Å². The standard InChI is InChI=1S/C22H29FN4.HI/c1-24-22(25-15-19-7-9-21(23)10-8-19)26-16-20-12-14-27(17-20)13-11-18-5-3-2-4-6-18;/h2-10,20H,11-17H2,1H3,(H2,24,25,26);1H. The van der Waals surface area contributed by atoms with Crippen LogP contribution in [0.4, 0.5) is 4.39 Å². The van der Waals surface area contributed by atoms with Crippen LogP contribution in [0.5, 0.6) is 0 Å². The maximum absolute atomic E-state index is 13.0. The Bertz CT molecular complexity index is 721. The molecule has 1 aliphatic heterocycles. The number of guanidine groups is 1. The fraction of sp³-hybridized carbons (Fsp3) is 0.409. The summed E-state index contributed by atoms with van der Waals surface area (Å²) in [7, 11) is 1.78. The molecule has 3 rings (SSSR count). The SMILES string of the molecule is CN=C(NCc1ccc(F)cc1)NCC1CCN(CCc2ccccc2)C1.I. The predicted molar refractivity (Wildman–Crippen MR) is 125 cm³/mol. The number of nitrogens with zero attached hydrogens (tertiary/aromatic N) is 2. The van der Waals surface area contributed by atoms with Crippen LogP contribution in [0.1, 0.15) is 17.5 Å². The lowest BCUT2D eigenvalue weighted by Crippen LogP contribution is -2.40. The Morgan fingerprint density at radius 1 is 1.07 bits per heavy atom. The van der Waals surface area contributed by atoms with Gasteiger partial charge in [0.25, 0.3) is 0 Å². The van der Waals surface area contributed by atoms with E-state index < -0.39 is 0 Å². The number of likely N-dealkylation sites (tertiary alicyclic amines) is 1. The summed E-state index contributed by atoms with van der Waals surface area (Å²) < 4.78 is 13.0. The van der Waals surface area contributed by atoms with E-state index in [1.165, 1.54) is 30.7 Å². The van der Waals surface area contributed by atoms with Crippen molar-refractivity contribution in [1.29, 1.82) is 0 Å². The molecule has 0 spiro atoms. The Kier molecular flexibility index (Phi) is 9.70. The molecular formula is C22H30FIN4. The van der Waals surface area contributed by atoms with E-state index in [-0.39, 0.29) is 29.8 Å². The molecule has 152 valence electrons. The first-order chi connectivity index (χ1) is 13.2. The quantitative estimate of drug-likeness (QED) is 0.349. The van der Waals surface area contributed by atoms with Gasteiger partial charge in [-0.15, -0.1) is 24.0 Å². The van der Waals surface area contributed by atoms with E-state index in [9.17, 15) is 4.39 Å². The Balaban J connectivity index is 0.00000280. The highest BCUT2D eigenvalue weighted by molar-refractivity contribution is 14.0. The van der Waals surface area contributed by atoms with Crippen LogP contribution in [0.2, 0.25) is 0 Å². The first-order valence-electron chi connectivity index (χ1n) is 9.68. The molecule has 0 radical (unpaired) electrons. The van der Waals surface area contributed by atoms with Crippen molar-refractivity contribution in [3.05, 3.63) is 71.5 Å². The van der Waals surface area contributed by atoms with E-state index in [1.807, 2.05) is 0 Å². The second-order valence-corrected chi connectivity index (χ2v) is 7.12. The lowest BCUT2D eigenvalue weighted by atomic mass is 10.1. The zero-order chi connectivity index (χ0) is 18.9. The molecule has 0 saturated carbocycles. The van der Waals surface area contributed by atoms with Crippen molar-refractivity contribution in [2.24, 2.45) is 10.9 Å². The van der Waals surface area contributed by atoms with Crippen LogP contribution in [0.3, 0.4) is 0 Å². The summed E-state index contributed by atoms with van der Waals surface area (Å²) in [5.74, 6) is 1.23. The monoisotopic (exact) mass is 496 g/mol. The highest BCUT2D eigenvalue weighted by Crippen LogP contribution is 2.16. The smallest absolute Gasteiger partial charge is 0.191 e. The fourth-order valence-corrected chi connectivity index (χ4v) is 3.46. The molecule has 6 heteroatoms. The third-order valence-electron chi connectivity index (χ3n) is 5.08. The van der Waals surface area contributed by atoms with E-state index in [4.69, 9.17) is 0 Å². The first kappa shape index (κ1) is 22.6. The van der Waals surface area contributed by atoms with Gasteiger partial charge in [-0.05, 0) is 48.6 Å². The number of benzene rings is 2. The summed E-state index contributed by atoms with van der Waals surface area (Å²) in [6.07, 6.45) is 2.33. The van der Waals surface area contributed by atoms with Crippen molar-refractivity contribution >= 4 is 29.9 Å². The number of halogens is 2. The molecule has 28 heavy (non-hydrogen) atoms. The first-order valence-corrected chi connectivity index (χ1v) is 9.68. The van der Waals surface area contributed by atoms with Gasteiger partial charge in [0.05, 0.1) is 0 Å². The summed E-state index contributed by atoms with van der Waals surface area (Å²) in [4.78, 5) is 6.83. The van der Waals surface area contributed by atoms with Gasteiger partial charge in [-0.25, -0.2) is 4.39 Å². The highest BCUT2D eigenvalue weighted by atomic mass is 127. The Hall–Kier alpha value is -1.67. The van der Waals surface area contributed by atoms with Gasteiger partial charge >= 0.3 is 0 Å². The van der Waals surface area contributed by atoms with Gasteiger partial charge in [0.2, 0.25) is 0 Å². The van der Waals surface area contributed by atoms with Gasteiger partial charge in [-0.2, -0.15) is 0 Å². The van der Waals surface area contributed by atoms with Crippen LogP contribution in [0, 0.1) is 11.7 Å². The number of aliphatic imine (C=N–C) groups is 1. The van der Waals surface area contributed by atoms with Crippen LogP contribution in [-0.2, 0) is 13.0 Å². The van der Waals surface area contributed by atoms with Crippen LogP contribution in [-0.4, -0.2) is 44.1 Å². The average molecular weight is 496 g/mol. The largest absolute Gasteiger partial charge is 0.356 e. The van der Waals surface area contributed by atoms with Crippen LogP contribution >= 0.6 is 24.0 Å². The molecule has 2 N–H and O–H groups in total. The molecule has 1 saturated heterocycles. The summed E-state index contributed by atoms with van der Waals surface area (Å²) in [6.45, 7) is 4.98. The topological polar surface area (TPSA) is 39.7 Å². The molecule has 0 aliphatic carbocycles. The van der Waals surface area contributed by atoms with Crippen LogP contribution in [0.25, 0.3) is 0 Å². The zero-order valence-electron chi connectivity index (χ0n) is 16.4. The minimum Gasteiger partial charge on any atom is -0.356 e.